The Hall–Kier alpha value is -3.42. The van der Waals surface area contributed by atoms with Gasteiger partial charge in [0.05, 0.1) is 5.56 Å². The Balaban J connectivity index is 1.28. The monoisotopic (exact) mass is 517 g/mol. The highest BCUT2D eigenvalue weighted by molar-refractivity contribution is 6.03. The first-order valence-corrected chi connectivity index (χ1v) is 14.0. The number of benzene rings is 1. The van der Waals surface area contributed by atoms with Gasteiger partial charge in [-0.1, -0.05) is 13.8 Å². The third-order valence-corrected chi connectivity index (χ3v) is 8.22. The number of nitrogens with two attached hydrogens (primary N) is 1. The maximum absolute atomic E-state index is 13.4. The molecule has 5 rings (SSSR count). The zero-order valence-electron chi connectivity index (χ0n) is 22.6. The molecule has 1 aromatic carbocycles. The van der Waals surface area contributed by atoms with E-state index < -0.39 is 5.91 Å². The van der Waals surface area contributed by atoms with Crippen molar-refractivity contribution in [1.29, 1.82) is 0 Å². The zero-order chi connectivity index (χ0) is 27.0. The van der Waals surface area contributed by atoms with Crippen LogP contribution >= 0.6 is 0 Å². The third kappa shape index (κ3) is 5.54. The number of nitrogens with one attached hydrogen (secondary N) is 2. The van der Waals surface area contributed by atoms with E-state index >= 15 is 0 Å². The smallest absolute Gasteiger partial charge is 0.251 e. The van der Waals surface area contributed by atoms with Crippen molar-refractivity contribution in [2.24, 2.45) is 23.5 Å². The summed E-state index contributed by atoms with van der Waals surface area (Å²) >= 11 is 0. The number of primary amides is 1. The number of carbonyl (C=O) groups is 3. The fourth-order valence-corrected chi connectivity index (χ4v) is 6.05. The van der Waals surface area contributed by atoms with Gasteiger partial charge >= 0.3 is 0 Å². The maximum Gasteiger partial charge on any atom is 0.251 e. The van der Waals surface area contributed by atoms with Crippen molar-refractivity contribution in [3.8, 4) is 0 Å². The minimum absolute atomic E-state index is 0.0658. The van der Waals surface area contributed by atoms with Gasteiger partial charge in [-0.2, -0.15) is 0 Å². The third-order valence-electron chi connectivity index (χ3n) is 8.22. The molecule has 0 radical (unpaired) electrons. The van der Waals surface area contributed by atoms with Crippen molar-refractivity contribution in [3.63, 3.8) is 0 Å². The van der Waals surface area contributed by atoms with Crippen LogP contribution in [0.3, 0.4) is 0 Å². The van der Waals surface area contributed by atoms with Crippen molar-refractivity contribution < 1.29 is 14.4 Å². The predicted octanol–water partition coefficient (Wildman–Crippen LogP) is 4.33. The van der Waals surface area contributed by atoms with Gasteiger partial charge < -0.3 is 21.3 Å². The van der Waals surface area contributed by atoms with Crippen LogP contribution in [0.2, 0.25) is 0 Å². The molecule has 8 nitrogen and oxygen atoms in total. The number of rotatable bonds is 9. The molecule has 3 fully saturated rings. The first-order valence-electron chi connectivity index (χ1n) is 14.0. The number of aryl methyl sites for hydroxylation is 1. The molecule has 2 amide bonds. The summed E-state index contributed by atoms with van der Waals surface area (Å²) in [4.78, 5) is 44.8. The molecule has 1 saturated heterocycles. The van der Waals surface area contributed by atoms with Crippen LogP contribution in [0, 0.1) is 24.7 Å². The summed E-state index contributed by atoms with van der Waals surface area (Å²) in [5.41, 5.74) is 8.61. The van der Waals surface area contributed by atoms with Crippen molar-refractivity contribution >= 4 is 29.1 Å². The number of aromatic nitrogens is 1. The van der Waals surface area contributed by atoms with Gasteiger partial charge in [0.1, 0.15) is 5.82 Å². The lowest BCUT2D eigenvalue weighted by Crippen LogP contribution is -2.43. The van der Waals surface area contributed by atoms with Crippen LogP contribution in [-0.2, 0) is 0 Å². The molecule has 2 aliphatic carbocycles. The second-order valence-electron chi connectivity index (χ2n) is 11.7. The van der Waals surface area contributed by atoms with Crippen LogP contribution in [0.4, 0.5) is 11.5 Å². The van der Waals surface area contributed by atoms with E-state index in [0.29, 0.717) is 46.8 Å². The molecule has 2 saturated carbocycles. The molecule has 3 atom stereocenters. The summed E-state index contributed by atoms with van der Waals surface area (Å²) < 4.78 is 0. The highest BCUT2D eigenvalue weighted by Gasteiger charge is 2.41. The fourth-order valence-electron chi connectivity index (χ4n) is 6.05. The summed E-state index contributed by atoms with van der Waals surface area (Å²) in [5.74, 6) is 1.56. The number of carbonyl (C=O) groups excluding carboxylic acids is 3. The van der Waals surface area contributed by atoms with E-state index in [-0.39, 0.29) is 23.7 Å². The number of ketones is 1. The van der Waals surface area contributed by atoms with Gasteiger partial charge in [0.2, 0.25) is 0 Å². The van der Waals surface area contributed by atoms with Gasteiger partial charge in [-0.3, -0.25) is 14.4 Å². The van der Waals surface area contributed by atoms with Crippen LogP contribution in [-0.4, -0.2) is 47.8 Å². The maximum atomic E-state index is 13.4. The molecule has 2 heterocycles. The molecule has 202 valence electrons. The molecule has 0 bridgehead atoms. The second kappa shape index (κ2) is 10.8. The first kappa shape index (κ1) is 26.2. The number of pyridine rings is 1. The van der Waals surface area contributed by atoms with Gasteiger partial charge in [-0.05, 0) is 87.1 Å². The van der Waals surface area contributed by atoms with E-state index in [2.05, 4.69) is 34.4 Å². The van der Waals surface area contributed by atoms with Crippen molar-refractivity contribution in [1.82, 2.24) is 10.3 Å². The van der Waals surface area contributed by atoms with Gasteiger partial charge in [0.15, 0.2) is 5.78 Å². The number of nitrogens with zero attached hydrogens (tertiary/aromatic N) is 2. The molecule has 0 spiro atoms. The molecular formula is C30H39N5O3. The molecule has 1 aliphatic heterocycles. The summed E-state index contributed by atoms with van der Waals surface area (Å²) in [6.45, 7) is 7.62. The molecule has 2 aromatic rings. The van der Waals surface area contributed by atoms with Crippen LogP contribution < -0.4 is 21.3 Å². The van der Waals surface area contributed by atoms with E-state index in [9.17, 15) is 14.4 Å². The minimum atomic E-state index is -0.509. The molecule has 8 heteroatoms. The molecule has 4 N–H and O–H groups in total. The van der Waals surface area contributed by atoms with Crippen molar-refractivity contribution in [3.05, 3.63) is 52.7 Å². The number of Topliss-reactive ketones (excluding diaryl/α,β-unsaturated/α-hetero) is 1. The normalized spacial score (nSPS) is 22.7. The van der Waals surface area contributed by atoms with Crippen LogP contribution in [0.5, 0.6) is 0 Å². The average Bonchev–Trinajstić information content (AvgIpc) is 3.66. The van der Waals surface area contributed by atoms with E-state index in [1.165, 1.54) is 0 Å². The minimum Gasteiger partial charge on any atom is -0.384 e. The number of fused-ring (bicyclic) bond motifs is 1. The standard InChI is InChI=1S/C30H39N5O3/c1-17(2)15-32-25-14-23(18(3)11-24(25)29(31)37)30(38)34-22-12-20-5-4-10-35(26(20)13-22)27-9-8-21(16-33-27)28(36)19-6-7-19/h8-9,11,14,16-17,19-20,22,26,32H,4-7,10,12-13,15H2,1-3H3,(H2,31,37)(H,34,38). The summed E-state index contributed by atoms with van der Waals surface area (Å²) in [5, 5.41) is 6.55. The zero-order valence-corrected chi connectivity index (χ0v) is 22.6. The molecule has 3 aliphatic rings. The highest BCUT2D eigenvalue weighted by atomic mass is 16.2. The first-order chi connectivity index (χ1) is 18.2. The lowest BCUT2D eigenvalue weighted by atomic mass is 9.92. The number of anilines is 2. The fraction of sp³-hybridized carbons (Fsp3) is 0.533. The van der Waals surface area contributed by atoms with E-state index in [1.54, 1.807) is 18.3 Å². The summed E-state index contributed by atoms with van der Waals surface area (Å²) in [6.07, 6.45) is 7.74. The Kier molecular flexibility index (Phi) is 7.41. The number of hydrogen-bond donors (Lipinski definition) is 3. The topological polar surface area (TPSA) is 117 Å². The molecule has 1 aromatic heterocycles. The van der Waals surface area contributed by atoms with E-state index in [1.807, 2.05) is 19.1 Å². The molecule has 38 heavy (non-hydrogen) atoms. The Morgan fingerprint density at radius 3 is 2.55 bits per heavy atom. The highest BCUT2D eigenvalue weighted by Crippen LogP contribution is 2.39. The number of amides is 2. The van der Waals surface area contributed by atoms with Gasteiger partial charge in [0, 0.05) is 54.1 Å². The molecule has 3 unspecified atom stereocenters. The number of piperidine rings is 1. The van der Waals surface area contributed by atoms with Crippen molar-refractivity contribution in [2.45, 2.75) is 71.4 Å². The average molecular weight is 518 g/mol. The number of hydrogen-bond acceptors (Lipinski definition) is 6. The van der Waals surface area contributed by atoms with Crippen LogP contribution in [0.25, 0.3) is 0 Å². The van der Waals surface area contributed by atoms with Crippen molar-refractivity contribution in [2.75, 3.05) is 23.3 Å². The summed E-state index contributed by atoms with van der Waals surface area (Å²) in [6, 6.07) is 7.75. The predicted molar refractivity (Wildman–Crippen MR) is 149 cm³/mol. The quantitative estimate of drug-likeness (QED) is 0.426. The van der Waals surface area contributed by atoms with Crippen LogP contribution in [0.1, 0.15) is 89.0 Å². The second-order valence-corrected chi connectivity index (χ2v) is 11.7. The Labute approximate surface area is 224 Å². The molecular weight excluding hydrogens is 478 g/mol. The van der Waals surface area contributed by atoms with Gasteiger partial charge in [-0.15, -0.1) is 0 Å². The van der Waals surface area contributed by atoms with Gasteiger partial charge in [0.25, 0.3) is 11.8 Å². The summed E-state index contributed by atoms with van der Waals surface area (Å²) in [7, 11) is 0. The van der Waals surface area contributed by atoms with E-state index in [0.717, 1.165) is 56.5 Å². The van der Waals surface area contributed by atoms with E-state index in [4.69, 9.17) is 5.73 Å². The Morgan fingerprint density at radius 2 is 1.89 bits per heavy atom. The SMILES string of the molecule is Cc1cc(C(N)=O)c(NCC(C)C)cc1C(=O)NC1CC2CCCN(c3ccc(C(=O)C4CC4)cn3)C2C1. The van der Waals surface area contributed by atoms with Crippen LogP contribution in [0.15, 0.2) is 30.5 Å². The largest absolute Gasteiger partial charge is 0.384 e. The lowest BCUT2D eigenvalue weighted by molar-refractivity contribution is 0.0933. The van der Waals surface area contributed by atoms with Gasteiger partial charge in [-0.25, -0.2) is 4.98 Å². The Morgan fingerprint density at radius 1 is 1.11 bits per heavy atom. The Bertz CT molecular complexity index is 1220. The lowest BCUT2D eigenvalue weighted by Gasteiger charge is -2.38.